The highest BCUT2D eigenvalue weighted by Gasteiger charge is 2.24. The highest BCUT2D eigenvalue weighted by molar-refractivity contribution is 7.93. The molecule has 0 spiro atoms. The maximum atomic E-state index is 13.0. The van der Waals surface area contributed by atoms with Crippen LogP contribution in [0.25, 0.3) is 0 Å². The zero-order valence-electron chi connectivity index (χ0n) is 12.8. The van der Waals surface area contributed by atoms with Crippen LogP contribution in [0.4, 0.5) is 15.2 Å². The second kappa shape index (κ2) is 6.90. The van der Waals surface area contributed by atoms with Gasteiger partial charge < -0.3 is 0 Å². The first-order valence-electron chi connectivity index (χ1n) is 6.92. The number of hydrogen-bond acceptors (Lipinski definition) is 6. The van der Waals surface area contributed by atoms with E-state index in [1.807, 2.05) is 0 Å². The Bertz CT molecular complexity index is 983. The quantitative estimate of drug-likeness (QED) is 0.715. The molecule has 3 rings (SSSR count). The Morgan fingerprint density at radius 1 is 1.24 bits per heavy atom. The standard InChI is InChI=1S/C15H12FN3O3S3/c1-19(11-4-2-10(16)3-5-11)25(21,22)12-8-13(24-9-12)14(20)18-15-17-6-7-23-15/h2-9H,1H3,(H,17,18,20). The number of amides is 1. The number of benzene rings is 1. The third-order valence-electron chi connectivity index (χ3n) is 3.30. The third-order valence-corrected chi connectivity index (χ3v) is 6.83. The minimum Gasteiger partial charge on any atom is -0.297 e. The number of halogens is 1. The van der Waals surface area contributed by atoms with Gasteiger partial charge in [0, 0.05) is 24.0 Å². The zero-order chi connectivity index (χ0) is 18.0. The second-order valence-corrected chi connectivity index (χ2v) is 8.66. The Kier molecular flexibility index (Phi) is 4.84. The van der Waals surface area contributed by atoms with Crippen molar-refractivity contribution in [1.29, 1.82) is 0 Å². The number of anilines is 2. The van der Waals surface area contributed by atoms with Gasteiger partial charge >= 0.3 is 0 Å². The van der Waals surface area contributed by atoms with Crippen molar-refractivity contribution in [2.45, 2.75) is 4.90 Å². The van der Waals surface area contributed by atoms with Gasteiger partial charge in [0.25, 0.3) is 15.9 Å². The van der Waals surface area contributed by atoms with Gasteiger partial charge in [-0.15, -0.1) is 22.7 Å². The van der Waals surface area contributed by atoms with Crippen molar-refractivity contribution < 1.29 is 17.6 Å². The topological polar surface area (TPSA) is 79.4 Å². The number of nitrogens with one attached hydrogen (secondary N) is 1. The maximum Gasteiger partial charge on any atom is 0.267 e. The Morgan fingerprint density at radius 3 is 2.60 bits per heavy atom. The molecular formula is C15H12FN3O3S3. The molecule has 130 valence electrons. The van der Waals surface area contributed by atoms with Crippen molar-refractivity contribution >= 4 is 49.4 Å². The lowest BCUT2D eigenvalue weighted by Crippen LogP contribution is -2.26. The molecule has 10 heteroatoms. The summed E-state index contributed by atoms with van der Waals surface area (Å²) in [7, 11) is -2.48. The van der Waals surface area contributed by atoms with E-state index in [0.29, 0.717) is 10.8 Å². The fourth-order valence-corrected chi connectivity index (χ4v) is 4.84. The average Bonchev–Trinajstić information content (AvgIpc) is 3.26. The molecular weight excluding hydrogens is 385 g/mol. The molecule has 0 radical (unpaired) electrons. The van der Waals surface area contributed by atoms with Gasteiger partial charge in [0.05, 0.1) is 15.5 Å². The largest absolute Gasteiger partial charge is 0.297 e. The van der Waals surface area contributed by atoms with Crippen molar-refractivity contribution in [3.63, 3.8) is 0 Å². The zero-order valence-corrected chi connectivity index (χ0v) is 15.3. The van der Waals surface area contributed by atoms with Crippen molar-refractivity contribution in [2.75, 3.05) is 16.7 Å². The average molecular weight is 397 g/mol. The predicted molar refractivity (Wildman–Crippen MR) is 96.4 cm³/mol. The molecule has 1 N–H and O–H groups in total. The molecule has 6 nitrogen and oxygen atoms in total. The van der Waals surface area contributed by atoms with Gasteiger partial charge in [-0.1, -0.05) is 0 Å². The monoisotopic (exact) mass is 397 g/mol. The summed E-state index contributed by atoms with van der Waals surface area (Å²) in [5.41, 5.74) is 0.321. The van der Waals surface area contributed by atoms with Gasteiger partial charge in [0.2, 0.25) is 0 Å². The Balaban J connectivity index is 1.82. The van der Waals surface area contributed by atoms with E-state index in [-0.39, 0.29) is 9.77 Å². The van der Waals surface area contributed by atoms with Crippen LogP contribution in [0.5, 0.6) is 0 Å². The molecule has 0 saturated carbocycles. The number of thiazole rings is 1. The number of aromatic nitrogens is 1. The first-order chi connectivity index (χ1) is 11.9. The van der Waals surface area contributed by atoms with Crippen LogP contribution in [0.15, 0.2) is 52.2 Å². The van der Waals surface area contributed by atoms with Crippen molar-refractivity contribution in [3.05, 3.63) is 58.0 Å². The van der Waals surface area contributed by atoms with Gasteiger partial charge in [0.1, 0.15) is 5.82 Å². The van der Waals surface area contributed by atoms with Gasteiger partial charge in [-0.05, 0) is 30.3 Å². The molecule has 0 fully saturated rings. The summed E-state index contributed by atoms with van der Waals surface area (Å²) >= 11 is 2.29. The third kappa shape index (κ3) is 3.70. The molecule has 1 aromatic carbocycles. The molecule has 0 atom stereocenters. The number of nitrogens with zero attached hydrogens (tertiary/aromatic N) is 2. The van der Waals surface area contributed by atoms with Crippen LogP contribution in [-0.4, -0.2) is 26.4 Å². The van der Waals surface area contributed by atoms with Crippen LogP contribution in [0, 0.1) is 5.82 Å². The van der Waals surface area contributed by atoms with Gasteiger partial charge in [0.15, 0.2) is 5.13 Å². The van der Waals surface area contributed by atoms with E-state index in [1.165, 1.54) is 54.1 Å². The molecule has 3 aromatic rings. The molecule has 0 saturated heterocycles. The van der Waals surface area contributed by atoms with Gasteiger partial charge in [-0.2, -0.15) is 0 Å². The van der Waals surface area contributed by atoms with E-state index in [9.17, 15) is 17.6 Å². The summed E-state index contributed by atoms with van der Waals surface area (Å²) in [5.74, 6) is -0.878. The van der Waals surface area contributed by atoms with Crippen LogP contribution in [0.3, 0.4) is 0 Å². The van der Waals surface area contributed by atoms with Crippen LogP contribution < -0.4 is 9.62 Å². The molecule has 0 aliphatic heterocycles. The molecule has 2 heterocycles. The first-order valence-corrected chi connectivity index (χ1v) is 10.1. The van der Waals surface area contributed by atoms with Gasteiger partial charge in [-0.25, -0.2) is 17.8 Å². The van der Waals surface area contributed by atoms with Crippen LogP contribution >= 0.6 is 22.7 Å². The molecule has 1 amide bonds. The molecule has 25 heavy (non-hydrogen) atoms. The van der Waals surface area contributed by atoms with Crippen molar-refractivity contribution in [2.24, 2.45) is 0 Å². The number of sulfonamides is 1. The summed E-state index contributed by atoms with van der Waals surface area (Å²) in [4.78, 5) is 16.3. The number of rotatable bonds is 5. The minimum atomic E-state index is -3.85. The smallest absolute Gasteiger partial charge is 0.267 e. The molecule has 0 bridgehead atoms. The molecule has 2 aromatic heterocycles. The van der Waals surface area contributed by atoms with E-state index in [1.54, 1.807) is 11.6 Å². The van der Waals surface area contributed by atoms with Crippen LogP contribution in [0.2, 0.25) is 0 Å². The van der Waals surface area contributed by atoms with Crippen molar-refractivity contribution in [3.8, 4) is 0 Å². The fraction of sp³-hybridized carbons (Fsp3) is 0.0667. The molecule has 0 unspecified atom stereocenters. The maximum absolute atomic E-state index is 13.0. The first kappa shape index (κ1) is 17.5. The highest BCUT2D eigenvalue weighted by Crippen LogP contribution is 2.26. The van der Waals surface area contributed by atoms with E-state index in [2.05, 4.69) is 10.3 Å². The number of carbonyl (C=O) groups excluding carboxylic acids is 1. The Labute approximate surface area is 151 Å². The number of carbonyl (C=O) groups is 1. The summed E-state index contributed by atoms with van der Waals surface area (Å²) in [6.07, 6.45) is 1.56. The van der Waals surface area contributed by atoms with Gasteiger partial charge in [-0.3, -0.25) is 14.4 Å². The summed E-state index contributed by atoms with van der Waals surface area (Å²) < 4.78 is 39.4. The summed E-state index contributed by atoms with van der Waals surface area (Å²) in [5, 5.41) is 6.15. The predicted octanol–water partition coefficient (Wildman–Crippen LogP) is 3.42. The lowest BCUT2D eigenvalue weighted by molar-refractivity contribution is 0.103. The lowest BCUT2D eigenvalue weighted by Gasteiger charge is -2.18. The lowest BCUT2D eigenvalue weighted by atomic mass is 10.3. The van der Waals surface area contributed by atoms with Crippen molar-refractivity contribution in [1.82, 2.24) is 4.98 Å². The summed E-state index contributed by atoms with van der Waals surface area (Å²) in [6, 6.07) is 6.41. The van der Waals surface area contributed by atoms with E-state index < -0.39 is 21.7 Å². The van der Waals surface area contributed by atoms with E-state index in [4.69, 9.17) is 0 Å². The second-order valence-electron chi connectivity index (χ2n) is 4.89. The van der Waals surface area contributed by atoms with Crippen LogP contribution in [-0.2, 0) is 10.0 Å². The number of thiophene rings is 1. The Morgan fingerprint density at radius 2 is 1.96 bits per heavy atom. The Hall–Kier alpha value is -2.30. The van der Waals surface area contributed by atoms with Crippen LogP contribution in [0.1, 0.15) is 9.67 Å². The normalized spacial score (nSPS) is 11.3. The fourth-order valence-electron chi connectivity index (χ4n) is 1.96. The molecule has 0 aliphatic rings. The van der Waals surface area contributed by atoms with E-state index in [0.717, 1.165) is 15.6 Å². The highest BCUT2D eigenvalue weighted by atomic mass is 32.2. The number of hydrogen-bond donors (Lipinski definition) is 1. The SMILES string of the molecule is CN(c1ccc(F)cc1)S(=O)(=O)c1csc(C(=O)Nc2nccs2)c1. The molecule has 0 aliphatic carbocycles. The van der Waals surface area contributed by atoms with E-state index >= 15 is 0 Å². The minimum absolute atomic E-state index is 0.00591. The summed E-state index contributed by atoms with van der Waals surface area (Å²) in [6.45, 7) is 0.